The van der Waals surface area contributed by atoms with E-state index in [0.717, 1.165) is 6.42 Å². The van der Waals surface area contributed by atoms with Crippen LogP contribution >= 0.6 is 0 Å². The van der Waals surface area contributed by atoms with E-state index in [9.17, 15) is 14.7 Å². The van der Waals surface area contributed by atoms with Crippen molar-refractivity contribution in [3.63, 3.8) is 0 Å². The zero-order valence-electron chi connectivity index (χ0n) is 20.2. The second-order valence-electron chi connectivity index (χ2n) is 12.1. The first-order valence-corrected chi connectivity index (χ1v) is 10.7. The highest BCUT2D eigenvalue weighted by atomic mass is 16.4. The van der Waals surface area contributed by atoms with Crippen molar-refractivity contribution in [2.75, 3.05) is 0 Å². The zero-order chi connectivity index (χ0) is 22.8. The molecule has 1 N–H and O–H groups in total. The summed E-state index contributed by atoms with van der Waals surface area (Å²) in [6, 6.07) is 10.3. The number of aliphatic carboxylic acids is 1. The summed E-state index contributed by atoms with van der Waals surface area (Å²) in [5.74, 6) is -1.20. The van der Waals surface area contributed by atoms with E-state index < -0.39 is 28.1 Å². The molecule has 3 heteroatoms. The van der Waals surface area contributed by atoms with E-state index in [0.29, 0.717) is 6.42 Å². The van der Waals surface area contributed by atoms with Gasteiger partial charge in [-0.25, -0.2) is 0 Å². The standard InChI is InChI=1S/C26H42O3/c1-23(2,3)16-19(18-14-12-11-13-15-18)26(9,10)22(29)25(7,8)17-20(21(27)28)24(4,5)6/h11-15,19-20H,16-17H2,1-10H3,(H,27,28). The molecule has 3 nitrogen and oxygen atoms in total. The van der Waals surface area contributed by atoms with Gasteiger partial charge < -0.3 is 5.11 Å². The van der Waals surface area contributed by atoms with Crippen LogP contribution in [0.25, 0.3) is 0 Å². The number of carbonyl (C=O) groups is 2. The van der Waals surface area contributed by atoms with Crippen LogP contribution in [0.5, 0.6) is 0 Å². The molecule has 0 bridgehead atoms. The topological polar surface area (TPSA) is 54.4 Å². The Labute approximate surface area is 178 Å². The molecular formula is C26H42O3. The molecule has 0 radical (unpaired) electrons. The molecule has 0 amide bonds. The number of Topliss-reactive ketones (excluding diaryl/α,β-unsaturated/α-hetero) is 1. The van der Waals surface area contributed by atoms with E-state index in [2.05, 4.69) is 32.9 Å². The molecule has 1 aromatic rings. The van der Waals surface area contributed by atoms with Gasteiger partial charge in [-0.2, -0.15) is 0 Å². The molecule has 0 fully saturated rings. The molecule has 0 aliphatic heterocycles. The first-order chi connectivity index (χ1) is 12.9. The van der Waals surface area contributed by atoms with Gasteiger partial charge in [0.15, 0.2) is 0 Å². The van der Waals surface area contributed by atoms with Crippen molar-refractivity contribution in [3.05, 3.63) is 35.9 Å². The van der Waals surface area contributed by atoms with Crippen molar-refractivity contribution in [2.45, 2.75) is 88.0 Å². The molecule has 2 atom stereocenters. The van der Waals surface area contributed by atoms with E-state index in [-0.39, 0.29) is 17.1 Å². The molecule has 0 heterocycles. The first-order valence-electron chi connectivity index (χ1n) is 10.7. The summed E-state index contributed by atoms with van der Waals surface area (Å²) in [5.41, 5.74) is -0.513. The highest BCUT2D eigenvalue weighted by Gasteiger charge is 2.48. The molecule has 0 aromatic heterocycles. The van der Waals surface area contributed by atoms with Crippen LogP contribution in [-0.2, 0) is 9.59 Å². The van der Waals surface area contributed by atoms with Crippen LogP contribution < -0.4 is 0 Å². The van der Waals surface area contributed by atoms with Crippen LogP contribution in [-0.4, -0.2) is 16.9 Å². The maximum Gasteiger partial charge on any atom is 0.307 e. The van der Waals surface area contributed by atoms with E-state index in [4.69, 9.17) is 0 Å². The quantitative estimate of drug-likeness (QED) is 0.511. The minimum Gasteiger partial charge on any atom is -0.481 e. The number of ketones is 1. The lowest BCUT2D eigenvalue weighted by Gasteiger charge is -2.43. The second kappa shape index (κ2) is 8.62. The van der Waals surface area contributed by atoms with E-state index in [1.54, 1.807) is 0 Å². The average Bonchev–Trinajstić information content (AvgIpc) is 2.55. The van der Waals surface area contributed by atoms with Gasteiger partial charge in [-0.3, -0.25) is 9.59 Å². The third-order valence-corrected chi connectivity index (χ3v) is 6.15. The molecule has 1 rings (SSSR count). The fraction of sp³-hybridized carbons (Fsp3) is 0.692. The molecule has 29 heavy (non-hydrogen) atoms. The summed E-state index contributed by atoms with van der Waals surface area (Å²) in [4.78, 5) is 25.8. The molecule has 2 unspecified atom stereocenters. The van der Waals surface area contributed by atoms with Gasteiger partial charge in [-0.05, 0) is 35.2 Å². The summed E-state index contributed by atoms with van der Waals surface area (Å²) in [7, 11) is 0. The minimum absolute atomic E-state index is 0.0633. The lowest BCUT2D eigenvalue weighted by Crippen LogP contribution is -2.44. The summed E-state index contributed by atoms with van der Waals surface area (Å²) >= 11 is 0. The van der Waals surface area contributed by atoms with Gasteiger partial charge in [0.1, 0.15) is 5.78 Å². The number of carboxylic acid groups (broad SMARTS) is 1. The van der Waals surface area contributed by atoms with Crippen molar-refractivity contribution in [2.24, 2.45) is 27.6 Å². The lowest BCUT2D eigenvalue weighted by atomic mass is 9.59. The fourth-order valence-electron chi connectivity index (χ4n) is 4.48. The molecule has 0 spiro atoms. The van der Waals surface area contributed by atoms with Gasteiger partial charge in [0.25, 0.3) is 0 Å². The highest BCUT2D eigenvalue weighted by Crippen LogP contribution is 2.49. The summed E-state index contributed by atoms with van der Waals surface area (Å²) in [6.07, 6.45) is 1.22. The zero-order valence-corrected chi connectivity index (χ0v) is 20.2. The number of carboxylic acids is 1. The normalized spacial score (nSPS) is 15.7. The van der Waals surface area contributed by atoms with Crippen molar-refractivity contribution in [1.82, 2.24) is 0 Å². The van der Waals surface area contributed by atoms with E-state index in [1.807, 2.05) is 66.7 Å². The Kier molecular flexibility index (Phi) is 7.54. The SMILES string of the molecule is CC(C)(C)CC(c1ccccc1)C(C)(C)C(=O)C(C)(C)CC(C(=O)O)C(C)(C)C. The predicted molar refractivity (Wildman–Crippen MR) is 121 cm³/mol. The third kappa shape index (κ3) is 6.69. The van der Waals surface area contributed by atoms with E-state index >= 15 is 0 Å². The summed E-state index contributed by atoms with van der Waals surface area (Å²) < 4.78 is 0. The Morgan fingerprint density at radius 3 is 1.69 bits per heavy atom. The maximum absolute atomic E-state index is 13.9. The third-order valence-electron chi connectivity index (χ3n) is 6.15. The Morgan fingerprint density at radius 1 is 0.828 bits per heavy atom. The van der Waals surface area contributed by atoms with Gasteiger partial charge >= 0.3 is 5.97 Å². The van der Waals surface area contributed by atoms with E-state index in [1.165, 1.54) is 5.56 Å². The lowest BCUT2D eigenvalue weighted by molar-refractivity contribution is -0.149. The smallest absolute Gasteiger partial charge is 0.307 e. The molecular weight excluding hydrogens is 360 g/mol. The van der Waals surface area contributed by atoms with Gasteiger partial charge in [0, 0.05) is 10.8 Å². The second-order valence-corrected chi connectivity index (χ2v) is 12.1. The first kappa shape index (κ1) is 25.4. The monoisotopic (exact) mass is 402 g/mol. The van der Waals surface area contributed by atoms with Crippen molar-refractivity contribution in [3.8, 4) is 0 Å². The number of hydrogen-bond acceptors (Lipinski definition) is 2. The van der Waals surface area contributed by atoms with Crippen molar-refractivity contribution >= 4 is 11.8 Å². The van der Waals surface area contributed by atoms with Crippen LogP contribution in [0.2, 0.25) is 0 Å². The Bertz CT molecular complexity index is 700. The molecule has 0 saturated carbocycles. The Balaban J connectivity index is 3.34. The van der Waals surface area contributed by atoms with Crippen LogP contribution in [0, 0.1) is 27.6 Å². The molecule has 0 aliphatic carbocycles. The molecule has 0 saturated heterocycles. The Morgan fingerprint density at radius 2 is 1.31 bits per heavy atom. The Hall–Kier alpha value is -1.64. The molecule has 0 aliphatic rings. The van der Waals surface area contributed by atoms with Crippen molar-refractivity contribution in [1.29, 1.82) is 0 Å². The highest BCUT2D eigenvalue weighted by molar-refractivity contribution is 5.90. The average molecular weight is 403 g/mol. The van der Waals surface area contributed by atoms with Crippen LogP contribution in [0.4, 0.5) is 0 Å². The number of benzene rings is 1. The largest absolute Gasteiger partial charge is 0.481 e. The van der Waals surface area contributed by atoms with Gasteiger partial charge in [0.2, 0.25) is 0 Å². The predicted octanol–water partition coefficient (Wildman–Crippen LogP) is 6.96. The van der Waals surface area contributed by atoms with Crippen LogP contribution in [0.1, 0.15) is 93.6 Å². The fourth-order valence-corrected chi connectivity index (χ4v) is 4.48. The summed E-state index contributed by atoms with van der Waals surface area (Å²) in [5, 5.41) is 9.79. The maximum atomic E-state index is 13.9. The molecule has 1 aromatic carbocycles. The van der Waals surface area contributed by atoms with Gasteiger partial charge in [-0.1, -0.05) is 99.6 Å². The van der Waals surface area contributed by atoms with Crippen molar-refractivity contribution < 1.29 is 14.7 Å². The number of carbonyl (C=O) groups excluding carboxylic acids is 1. The number of hydrogen-bond donors (Lipinski definition) is 1. The number of rotatable bonds is 8. The van der Waals surface area contributed by atoms with Crippen LogP contribution in [0.15, 0.2) is 30.3 Å². The molecule has 164 valence electrons. The van der Waals surface area contributed by atoms with Gasteiger partial charge in [0.05, 0.1) is 5.92 Å². The van der Waals surface area contributed by atoms with Crippen LogP contribution in [0.3, 0.4) is 0 Å². The minimum atomic E-state index is -0.828. The van der Waals surface area contributed by atoms with Gasteiger partial charge in [-0.15, -0.1) is 0 Å². The summed E-state index contributed by atoms with van der Waals surface area (Å²) in [6.45, 7) is 20.3.